The summed E-state index contributed by atoms with van der Waals surface area (Å²) < 4.78 is 6.24. The third kappa shape index (κ3) is 3.83. The minimum Gasteiger partial charge on any atom is -0.455 e. The highest BCUT2D eigenvalue weighted by Crippen LogP contribution is 2.30. The van der Waals surface area contributed by atoms with E-state index in [0.717, 1.165) is 16.8 Å². The molecular weight excluding hydrogens is 376 g/mol. The molecule has 1 heterocycles. The van der Waals surface area contributed by atoms with E-state index < -0.39 is 0 Å². The zero-order valence-electron chi connectivity index (χ0n) is 17.5. The molecule has 6 heteroatoms. The van der Waals surface area contributed by atoms with Crippen molar-refractivity contribution in [2.75, 3.05) is 12.4 Å². The number of nitriles is 1. The topological polar surface area (TPSA) is 104 Å². The first-order valence-electron chi connectivity index (χ1n) is 9.59. The lowest BCUT2D eigenvalue weighted by molar-refractivity contribution is 0.576. The van der Waals surface area contributed by atoms with E-state index in [2.05, 4.69) is 16.4 Å². The van der Waals surface area contributed by atoms with E-state index in [1.807, 2.05) is 44.2 Å². The molecule has 0 radical (unpaired) electrons. The molecule has 0 saturated heterocycles. The van der Waals surface area contributed by atoms with Crippen molar-refractivity contribution in [3.8, 4) is 6.07 Å². The Morgan fingerprint density at radius 1 is 1.30 bits per heavy atom. The van der Waals surface area contributed by atoms with Crippen LogP contribution in [0.5, 0.6) is 0 Å². The predicted molar refractivity (Wildman–Crippen MR) is 122 cm³/mol. The van der Waals surface area contributed by atoms with Crippen LogP contribution in [0.1, 0.15) is 41.0 Å². The number of allylic oxidation sites excluding steroid dienone is 1. The molecule has 0 fully saturated rings. The van der Waals surface area contributed by atoms with Crippen molar-refractivity contribution in [1.82, 2.24) is 0 Å². The number of nitrogens with one attached hydrogen (secondary N) is 1. The van der Waals surface area contributed by atoms with Crippen molar-refractivity contribution < 1.29 is 4.42 Å². The van der Waals surface area contributed by atoms with Gasteiger partial charge in [-0.1, -0.05) is 18.2 Å². The van der Waals surface area contributed by atoms with Crippen molar-refractivity contribution in [1.29, 1.82) is 5.26 Å². The highest BCUT2D eigenvalue weighted by Gasteiger charge is 2.19. The Labute approximate surface area is 175 Å². The minimum atomic E-state index is -0.217. The number of para-hydroxylation sites is 1. The second-order valence-electron chi connectivity index (χ2n) is 7.15. The minimum absolute atomic E-state index is 0.107. The fraction of sp³-hybridized carbons (Fsp3) is 0.208. The van der Waals surface area contributed by atoms with Gasteiger partial charge in [-0.25, -0.2) is 0 Å². The molecule has 2 aromatic carbocycles. The number of aryl methyl sites for hydroxylation is 1. The van der Waals surface area contributed by atoms with E-state index in [4.69, 9.17) is 10.2 Å². The summed E-state index contributed by atoms with van der Waals surface area (Å²) >= 11 is 0. The Morgan fingerprint density at radius 3 is 2.70 bits per heavy atom. The molecule has 3 N–H and O–H groups in total. The quantitative estimate of drug-likeness (QED) is 0.616. The van der Waals surface area contributed by atoms with E-state index in [0.29, 0.717) is 33.4 Å². The molecule has 0 spiro atoms. The lowest BCUT2D eigenvalue weighted by Crippen LogP contribution is -2.14. The van der Waals surface area contributed by atoms with Gasteiger partial charge in [0, 0.05) is 30.6 Å². The smallest absolute Gasteiger partial charge is 0.196 e. The van der Waals surface area contributed by atoms with Gasteiger partial charge in [-0.3, -0.25) is 9.79 Å². The number of hydrogen-bond donors (Lipinski definition) is 2. The van der Waals surface area contributed by atoms with Gasteiger partial charge in [0.05, 0.1) is 28.3 Å². The summed E-state index contributed by atoms with van der Waals surface area (Å²) in [6, 6.07) is 13.1. The van der Waals surface area contributed by atoms with Crippen molar-refractivity contribution in [3.63, 3.8) is 0 Å². The molecule has 30 heavy (non-hydrogen) atoms. The van der Waals surface area contributed by atoms with Crippen LogP contribution in [-0.4, -0.2) is 13.3 Å². The first-order chi connectivity index (χ1) is 14.4. The summed E-state index contributed by atoms with van der Waals surface area (Å²) in [5, 5.41) is 13.3. The zero-order chi connectivity index (χ0) is 21.8. The maximum atomic E-state index is 13.1. The van der Waals surface area contributed by atoms with Crippen molar-refractivity contribution in [2.24, 2.45) is 10.7 Å². The van der Waals surface area contributed by atoms with Gasteiger partial charge in [0.1, 0.15) is 17.4 Å². The molecule has 0 saturated carbocycles. The summed E-state index contributed by atoms with van der Waals surface area (Å²) in [5.74, 6) is 0.398. The molecular formula is C24H24N4O2. The van der Waals surface area contributed by atoms with E-state index in [-0.39, 0.29) is 11.5 Å². The van der Waals surface area contributed by atoms with Crippen molar-refractivity contribution >= 4 is 28.4 Å². The second-order valence-corrected chi connectivity index (χ2v) is 7.15. The maximum Gasteiger partial charge on any atom is 0.196 e. The fourth-order valence-corrected chi connectivity index (χ4v) is 3.50. The van der Waals surface area contributed by atoms with Crippen LogP contribution < -0.4 is 16.5 Å². The molecule has 6 nitrogen and oxygen atoms in total. The monoisotopic (exact) mass is 400 g/mol. The van der Waals surface area contributed by atoms with Gasteiger partial charge in [0.15, 0.2) is 5.43 Å². The summed E-state index contributed by atoms with van der Waals surface area (Å²) in [6.45, 7) is 5.63. The SMILES string of the molecule is CN=C/C(=C\N)c1oc2c(C(C)Nc3ccccc3C#N)cc(C)cc2c(=O)c1C. The van der Waals surface area contributed by atoms with Crippen LogP contribution in [0.25, 0.3) is 16.5 Å². The number of anilines is 1. The van der Waals surface area contributed by atoms with Crippen LogP contribution in [0, 0.1) is 25.2 Å². The summed E-state index contributed by atoms with van der Waals surface area (Å²) in [4.78, 5) is 17.1. The van der Waals surface area contributed by atoms with Crippen molar-refractivity contribution in [2.45, 2.75) is 26.8 Å². The van der Waals surface area contributed by atoms with E-state index in [9.17, 15) is 10.1 Å². The van der Waals surface area contributed by atoms with E-state index in [1.54, 1.807) is 26.3 Å². The fourth-order valence-electron chi connectivity index (χ4n) is 3.50. The number of nitrogens with two attached hydrogens (primary N) is 1. The van der Waals surface area contributed by atoms with E-state index in [1.165, 1.54) is 6.20 Å². The normalized spacial score (nSPS) is 12.8. The Morgan fingerprint density at radius 2 is 2.03 bits per heavy atom. The molecule has 1 aromatic heterocycles. The Hall–Kier alpha value is -3.85. The van der Waals surface area contributed by atoms with Gasteiger partial charge in [-0.05, 0) is 44.5 Å². The Bertz CT molecular complexity index is 1260. The molecule has 1 atom stereocenters. The zero-order valence-corrected chi connectivity index (χ0v) is 17.5. The number of hydrogen-bond acceptors (Lipinski definition) is 6. The molecule has 0 aliphatic rings. The Balaban J connectivity index is 2.23. The number of fused-ring (bicyclic) bond motifs is 1. The van der Waals surface area contributed by atoms with Crippen LogP contribution in [-0.2, 0) is 0 Å². The van der Waals surface area contributed by atoms with Gasteiger partial charge in [-0.15, -0.1) is 0 Å². The summed E-state index contributed by atoms with van der Waals surface area (Å²) in [5.41, 5.74) is 10.2. The highest BCUT2D eigenvalue weighted by molar-refractivity contribution is 6.09. The molecule has 0 aliphatic carbocycles. The van der Waals surface area contributed by atoms with Gasteiger partial charge in [0.25, 0.3) is 0 Å². The largest absolute Gasteiger partial charge is 0.455 e. The molecule has 1 unspecified atom stereocenters. The number of benzene rings is 2. The number of nitrogens with zero attached hydrogens (tertiary/aromatic N) is 2. The average Bonchev–Trinajstić information content (AvgIpc) is 2.75. The number of rotatable bonds is 5. The Kier molecular flexibility index (Phi) is 6.03. The van der Waals surface area contributed by atoms with Crippen molar-refractivity contribution in [3.05, 3.63) is 80.8 Å². The third-order valence-electron chi connectivity index (χ3n) is 4.99. The van der Waals surface area contributed by atoms with Gasteiger partial charge in [-0.2, -0.15) is 5.26 Å². The molecule has 0 bridgehead atoms. The standard InChI is InChI=1S/C24H24N4O2/c1-14-9-19(16(3)28-21-8-6-5-7-17(21)11-25)24-20(10-14)22(29)15(2)23(30-24)18(12-26)13-27-4/h5-10,12-13,16,28H,26H2,1-4H3/b18-12+,27-13?. The van der Waals surface area contributed by atoms with Crippen LogP contribution >= 0.6 is 0 Å². The van der Waals surface area contributed by atoms with E-state index >= 15 is 0 Å². The third-order valence-corrected chi connectivity index (χ3v) is 4.99. The van der Waals surface area contributed by atoms with Crippen LogP contribution in [0.3, 0.4) is 0 Å². The first kappa shape index (κ1) is 20.9. The summed E-state index contributed by atoms with van der Waals surface area (Å²) in [7, 11) is 1.63. The molecule has 3 rings (SSSR count). The maximum absolute atomic E-state index is 13.1. The van der Waals surface area contributed by atoms with Gasteiger partial charge >= 0.3 is 0 Å². The lowest BCUT2D eigenvalue weighted by atomic mass is 9.99. The van der Waals surface area contributed by atoms with Crippen LogP contribution in [0.2, 0.25) is 0 Å². The second kappa shape index (κ2) is 8.66. The van der Waals surface area contributed by atoms with Gasteiger partial charge < -0.3 is 15.5 Å². The molecule has 3 aromatic rings. The predicted octanol–water partition coefficient (Wildman–Crippen LogP) is 4.45. The van der Waals surface area contributed by atoms with Crippen LogP contribution in [0.15, 0.2) is 56.8 Å². The molecule has 0 amide bonds. The average molecular weight is 400 g/mol. The van der Waals surface area contributed by atoms with Crippen LogP contribution in [0.4, 0.5) is 5.69 Å². The van der Waals surface area contributed by atoms with Gasteiger partial charge in [0.2, 0.25) is 0 Å². The highest BCUT2D eigenvalue weighted by atomic mass is 16.3. The number of aliphatic imine (C=N–C) groups is 1. The summed E-state index contributed by atoms with van der Waals surface area (Å²) in [6.07, 6.45) is 2.94. The lowest BCUT2D eigenvalue weighted by Gasteiger charge is -2.19. The molecule has 0 aliphatic heterocycles. The first-order valence-corrected chi connectivity index (χ1v) is 9.59. The molecule has 152 valence electrons.